The summed E-state index contributed by atoms with van der Waals surface area (Å²) in [4.78, 5) is 19.3. The fourth-order valence-electron chi connectivity index (χ4n) is 4.09. The summed E-state index contributed by atoms with van der Waals surface area (Å²) in [6.07, 6.45) is 9.04. The number of hydrogen-bond acceptors (Lipinski definition) is 3. The highest BCUT2D eigenvalue weighted by Crippen LogP contribution is 2.42. The number of imidazole rings is 1. The fourth-order valence-corrected chi connectivity index (χ4v) is 4.41. The molecule has 1 fully saturated rings. The summed E-state index contributed by atoms with van der Waals surface area (Å²) in [5.41, 5.74) is 3.22. The minimum atomic E-state index is 0.0499. The summed E-state index contributed by atoms with van der Waals surface area (Å²) in [6, 6.07) is 3.97. The third kappa shape index (κ3) is 3.52. The van der Waals surface area contributed by atoms with E-state index in [2.05, 4.69) is 46.1 Å². The summed E-state index contributed by atoms with van der Waals surface area (Å²) in [5, 5.41) is 4.30. The van der Waals surface area contributed by atoms with E-state index >= 15 is 0 Å². The van der Waals surface area contributed by atoms with Crippen molar-refractivity contribution in [1.29, 1.82) is 0 Å². The number of amides is 1. The largest absolute Gasteiger partial charge is 0.341 e. The Labute approximate surface area is 167 Å². The first-order valence-corrected chi connectivity index (χ1v) is 10.0. The molecule has 0 aliphatic carbocycles. The Bertz CT molecular complexity index is 989. The van der Waals surface area contributed by atoms with Crippen molar-refractivity contribution in [3.05, 3.63) is 52.7 Å². The lowest BCUT2D eigenvalue weighted by atomic mass is 9.79. The second-order valence-corrected chi connectivity index (χ2v) is 9.00. The smallest absolute Gasteiger partial charge is 0.222 e. The first-order chi connectivity index (χ1) is 12.8. The lowest BCUT2D eigenvalue weighted by Gasteiger charge is -2.24. The van der Waals surface area contributed by atoms with Gasteiger partial charge in [-0.1, -0.05) is 29.8 Å². The van der Waals surface area contributed by atoms with E-state index in [1.54, 1.807) is 0 Å². The molecule has 1 aliphatic rings. The third-order valence-corrected chi connectivity index (χ3v) is 6.06. The Morgan fingerprint density at radius 3 is 2.93 bits per heavy atom. The Morgan fingerprint density at radius 1 is 1.37 bits per heavy atom. The number of carbonyl (C=O) groups excluding carboxylic acids is 1. The zero-order chi connectivity index (χ0) is 19.2. The quantitative estimate of drug-likeness (QED) is 0.638. The highest BCUT2D eigenvalue weighted by molar-refractivity contribution is 9.10. The molecule has 4 rings (SSSR count). The molecule has 142 valence electrons. The molecule has 0 N–H and O–H groups in total. The van der Waals surface area contributed by atoms with E-state index in [9.17, 15) is 4.79 Å². The minimum Gasteiger partial charge on any atom is -0.341 e. The first kappa shape index (κ1) is 18.2. The molecule has 0 bridgehead atoms. The molecule has 1 atom stereocenters. The van der Waals surface area contributed by atoms with Crippen LogP contribution in [0.5, 0.6) is 0 Å². The van der Waals surface area contributed by atoms with Gasteiger partial charge in [-0.2, -0.15) is 5.10 Å². The zero-order valence-corrected chi connectivity index (χ0v) is 17.5. The fraction of sp³-hybridized carbons (Fsp3) is 0.450. The molecular formula is C20H24BrN5O. The Balaban J connectivity index is 1.44. The van der Waals surface area contributed by atoms with Gasteiger partial charge < -0.3 is 9.30 Å². The van der Waals surface area contributed by atoms with Crippen LogP contribution in [0.3, 0.4) is 0 Å². The third-order valence-electron chi connectivity index (χ3n) is 5.57. The predicted octanol–water partition coefficient (Wildman–Crippen LogP) is 3.42. The van der Waals surface area contributed by atoms with Crippen LogP contribution in [0.15, 0.2) is 41.4 Å². The van der Waals surface area contributed by atoms with Gasteiger partial charge in [-0.15, -0.1) is 0 Å². The maximum atomic E-state index is 12.9. The van der Waals surface area contributed by atoms with E-state index in [0.29, 0.717) is 18.8 Å². The number of carbonyl (C=O) groups is 1. The topological polar surface area (TPSA) is 55.4 Å². The van der Waals surface area contributed by atoms with Crippen LogP contribution >= 0.6 is 15.9 Å². The second-order valence-electron chi connectivity index (χ2n) is 8.09. The maximum Gasteiger partial charge on any atom is 0.222 e. The van der Waals surface area contributed by atoms with E-state index < -0.39 is 0 Å². The van der Waals surface area contributed by atoms with Crippen LogP contribution in [-0.4, -0.2) is 43.1 Å². The molecule has 0 radical (unpaired) electrons. The molecule has 3 aromatic rings. The molecule has 0 spiro atoms. The molecular weight excluding hydrogens is 406 g/mol. The average molecular weight is 430 g/mol. The van der Waals surface area contributed by atoms with Crippen molar-refractivity contribution in [2.24, 2.45) is 12.5 Å². The number of hydrogen-bond donors (Lipinski definition) is 0. The standard InChI is InChI=1S/C20H24BrN5O/c1-20(2)13-25(12-17(20)14-9-23-24(3)11-14)19(27)5-4-16-10-22-18-8-15(21)6-7-26(16)18/h6-11,17H,4-5,12-13H2,1-3H3. The number of halogens is 1. The highest BCUT2D eigenvalue weighted by atomic mass is 79.9. The van der Waals surface area contributed by atoms with Gasteiger partial charge in [0.25, 0.3) is 0 Å². The van der Waals surface area contributed by atoms with E-state index in [1.807, 2.05) is 51.8 Å². The summed E-state index contributed by atoms with van der Waals surface area (Å²) in [6.45, 7) is 6.02. The summed E-state index contributed by atoms with van der Waals surface area (Å²) in [5.74, 6) is 0.532. The number of pyridine rings is 1. The van der Waals surface area contributed by atoms with E-state index in [4.69, 9.17) is 0 Å². The van der Waals surface area contributed by atoms with Gasteiger partial charge in [0.05, 0.1) is 6.20 Å². The van der Waals surface area contributed by atoms with Gasteiger partial charge in [0, 0.05) is 61.2 Å². The van der Waals surface area contributed by atoms with Crippen molar-refractivity contribution in [3.8, 4) is 0 Å². The monoisotopic (exact) mass is 429 g/mol. The maximum absolute atomic E-state index is 12.9. The van der Waals surface area contributed by atoms with Gasteiger partial charge in [0.2, 0.25) is 5.91 Å². The predicted molar refractivity (Wildman–Crippen MR) is 108 cm³/mol. The summed E-state index contributed by atoms with van der Waals surface area (Å²) in [7, 11) is 1.93. The van der Waals surface area contributed by atoms with Crippen LogP contribution in [0.2, 0.25) is 0 Å². The van der Waals surface area contributed by atoms with Crippen LogP contribution in [-0.2, 0) is 18.3 Å². The molecule has 7 heteroatoms. The molecule has 1 saturated heterocycles. The highest BCUT2D eigenvalue weighted by Gasteiger charge is 2.42. The first-order valence-electron chi connectivity index (χ1n) is 9.21. The number of aryl methyl sites for hydroxylation is 2. The van der Waals surface area contributed by atoms with Crippen LogP contribution in [0.25, 0.3) is 5.65 Å². The van der Waals surface area contributed by atoms with E-state index in [1.165, 1.54) is 5.56 Å². The second kappa shape index (κ2) is 6.78. The van der Waals surface area contributed by atoms with Crippen LogP contribution < -0.4 is 0 Å². The van der Waals surface area contributed by atoms with Crippen molar-refractivity contribution in [3.63, 3.8) is 0 Å². The molecule has 4 heterocycles. The van der Waals surface area contributed by atoms with Gasteiger partial charge in [-0.3, -0.25) is 9.48 Å². The number of fused-ring (bicyclic) bond motifs is 1. The SMILES string of the molecule is Cn1cc(C2CN(C(=O)CCc3cnc4cc(Br)ccn34)CC2(C)C)cn1. The van der Waals surface area contributed by atoms with Gasteiger partial charge in [-0.25, -0.2) is 4.98 Å². The number of likely N-dealkylation sites (tertiary alicyclic amines) is 1. The minimum absolute atomic E-state index is 0.0499. The molecule has 3 aromatic heterocycles. The van der Waals surface area contributed by atoms with Crippen molar-refractivity contribution in [1.82, 2.24) is 24.1 Å². The molecule has 0 aromatic carbocycles. The van der Waals surface area contributed by atoms with E-state index in [-0.39, 0.29) is 11.3 Å². The lowest BCUT2D eigenvalue weighted by Crippen LogP contribution is -2.30. The van der Waals surface area contributed by atoms with Crippen LogP contribution in [0.1, 0.15) is 37.4 Å². The van der Waals surface area contributed by atoms with E-state index in [0.717, 1.165) is 28.9 Å². The number of rotatable bonds is 4. The molecule has 27 heavy (non-hydrogen) atoms. The van der Waals surface area contributed by atoms with Gasteiger partial charge in [0.15, 0.2) is 0 Å². The number of nitrogens with zero attached hydrogens (tertiary/aromatic N) is 5. The van der Waals surface area contributed by atoms with Crippen molar-refractivity contribution < 1.29 is 4.79 Å². The van der Waals surface area contributed by atoms with Gasteiger partial charge >= 0.3 is 0 Å². The Morgan fingerprint density at radius 2 is 2.19 bits per heavy atom. The van der Waals surface area contributed by atoms with Crippen LogP contribution in [0, 0.1) is 5.41 Å². The molecule has 6 nitrogen and oxygen atoms in total. The number of aromatic nitrogens is 4. The molecule has 1 amide bonds. The van der Waals surface area contributed by atoms with Crippen LogP contribution in [0.4, 0.5) is 0 Å². The summed E-state index contributed by atoms with van der Waals surface area (Å²) >= 11 is 3.47. The normalized spacial score (nSPS) is 19.1. The van der Waals surface area contributed by atoms with Crippen molar-refractivity contribution in [2.45, 2.75) is 32.6 Å². The van der Waals surface area contributed by atoms with Gasteiger partial charge in [-0.05, 0) is 29.5 Å². The zero-order valence-electron chi connectivity index (χ0n) is 15.9. The molecule has 1 unspecified atom stereocenters. The lowest BCUT2D eigenvalue weighted by molar-refractivity contribution is -0.130. The summed E-state index contributed by atoms with van der Waals surface area (Å²) < 4.78 is 4.88. The Hall–Kier alpha value is -2.15. The van der Waals surface area contributed by atoms with Crippen molar-refractivity contribution >= 4 is 27.5 Å². The van der Waals surface area contributed by atoms with Crippen molar-refractivity contribution in [2.75, 3.05) is 13.1 Å². The molecule has 0 saturated carbocycles. The average Bonchev–Trinajstić information content (AvgIpc) is 3.29. The van der Waals surface area contributed by atoms with Gasteiger partial charge in [0.1, 0.15) is 5.65 Å². The Kier molecular flexibility index (Phi) is 4.58. The molecule has 1 aliphatic heterocycles.